The van der Waals surface area contributed by atoms with Crippen molar-refractivity contribution in [3.63, 3.8) is 0 Å². The van der Waals surface area contributed by atoms with Gasteiger partial charge in [0.15, 0.2) is 0 Å². The Balaban J connectivity index is -0.000000166. The van der Waals surface area contributed by atoms with Crippen LogP contribution in [0.3, 0.4) is 0 Å². The third-order valence-corrected chi connectivity index (χ3v) is 1.38. The Morgan fingerprint density at radius 3 is 1.38 bits per heavy atom. The summed E-state index contributed by atoms with van der Waals surface area (Å²) in [5.41, 5.74) is 1.93. The number of nitrogens with one attached hydrogen (secondary N) is 1. The molecule has 3 N–H and O–H groups in total. The highest BCUT2D eigenvalue weighted by Gasteiger charge is 2.01. The van der Waals surface area contributed by atoms with E-state index in [1.165, 1.54) is 0 Å². The summed E-state index contributed by atoms with van der Waals surface area (Å²) < 4.78 is 27.5. The van der Waals surface area contributed by atoms with Gasteiger partial charge in [0.05, 0.1) is 35.4 Å². The first-order chi connectivity index (χ1) is 7.04. The van der Waals surface area contributed by atoms with Crippen LogP contribution in [0.25, 0.3) is 0 Å². The van der Waals surface area contributed by atoms with Crippen LogP contribution in [-0.2, 0) is 18.8 Å². The highest BCUT2D eigenvalue weighted by atomic mass is 32.3. The normalized spacial score (nSPS) is 10.8. The van der Waals surface area contributed by atoms with E-state index in [1.54, 1.807) is 21.1 Å². The minimum absolute atomic E-state index is 0. The van der Waals surface area contributed by atoms with Crippen molar-refractivity contribution in [2.24, 2.45) is 0 Å². The van der Waals surface area contributed by atoms with Gasteiger partial charge < -0.3 is 5.21 Å². The molecule has 0 rings (SSSR count). The molecule has 0 saturated heterocycles. The molecule has 0 spiro atoms. The number of hydroxylamine groups is 4. The van der Waals surface area contributed by atoms with Crippen molar-refractivity contribution in [2.45, 2.75) is 6.92 Å². The molecule has 0 radical (unpaired) electrons. The van der Waals surface area contributed by atoms with Crippen LogP contribution in [0.4, 0.5) is 0 Å². The lowest BCUT2D eigenvalue weighted by atomic mass is 10.8. The molecule has 16 heavy (non-hydrogen) atoms. The first kappa shape index (κ1) is 21.0. The van der Waals surface area contributed by atoms with Crippen LogP contribution in [-0.4, -0.2) is 65.4 Å². The lowest BCUT2D eigenvalue weighted by Gasteiger charge is -2.09. The van der Waals surface area contributed by atoms with E-state index in [0.29, 0.717) is 6.54 Å². The topological polar surface area (TPSA) is 105 Å². The highest BCUT2D eigenvalue weighted by Crippen LogP contribution is 1.85. The van der Waals surface area contributed by atoms with Gasteiger partial charge in [0.2, 0.25) is 0 Å². The van der Waals surface area contributed by atoms with Crippen LogP contribution in [0.15, 0.2) is 0 Å². The third-order valence-electron chi connectivity index (χ3n) is 0.566. The second-order valence-corrected chi connectivity index (χ2v) is 4.68. The maximum absolute atomic E-state index is 9.92. The van der Waals surface area contributed by atoms with E-state index in [2.05, 4.69) is 8.37 Å². The Labute approximate surface area is 97.2 Å². The lowest BCUT2D eigenvalue weighted by Crippen LogP contribution is -2.28. The Morgan fingerprint density at radius 1 is 1.19 bits per heavy atom. The summed E-state index contributed by atoms with van der Waals surface area (Å²) in [4.78, 5) is 0. The van der Waals surface area contributed by atoms with E-state index >= 15 is 0 Å². The molecule has 0 aromatic rings. The predicted molar refractivity (Wildman–Crippen MR) is 58.2 cm³/mol. The van der Waals surface area contributed by atoms with Gasteiger partial charge in [-0.2, -0.15) is 13.1 Å². The SMILES string of the molecule is CCNO.COS(=O)(=O)OC.C[N+](C)(C)O. The Hall–Kier alpha value is -0.290. The number of nitrogens with zero attached hydrogens (tertiary/aromatic N) is 1. The lowest BCUT2D eigenvalue weighted by molar-refractivity contribution is -1.06. The number of quaternary nitrogens is 1. The Bertz CT molecular complexity index is 206. The molecular formula is C7H23N2O6S+. The van der Waals surface area contributed by atoms with Crippen LogP contribution in [0.2, 0.25) is 0 Å². The van der Waals surface area contributed by atoms with Gasteiger partial charge in [0.1, 0.15) is 0 Å². The van der Waals surface area contributed by atoms with Gasteiger partial charge in [-0.05, 0) is 0 Å². The summed E-state index contributed by atoms with van der Waals surface area (Å²) in [7, 11) is 3.44. The van der Waals surface area contributed by atoms with Crippen molar-refractivity contribution in [3.8, 4) is 0 Å². The van der Waals surface area contributed by atoms with Gasteiger partial charge in [-0.25, -0.2) is 10.7 Å². The molecule has 0 unspecified atom stereocenters. The molecule has 0 aliphatic carbocycles. The van der Waals surface area contributed by atoms with Crippen molar-refractivity contribution >= 4 is 10.4 Å². The Morgan fingerprint density at radius 2 is 1.38 bits per heavy atom. The number of hydrogen-bond donors (Lipinski definition) is 3. The summed E-state index contributed by atoms with van der Waals surface area (Å²) in [6.07, 6.45) is 0. The molecule has 0 saturated carbocycles. The van der Waals surface area contributed by atoms with Crippen LogP contribution >= 0.6 is 0 Å². The molecule has 0 aromatic heterocycles. The summed E-state index contributed by atoms with van der Waals surface area (Å²) in [6.45, 7) is 2.44. The average Bonchev–Trinajstić information content (AvgIpc) is 2.16. The van der Waals surface area contributed by atoms with Crippen molar-refractivity contribution in [1.82, 2.24) is 5.48 Å². The molecule has 0 aliphatic rings. The van der Waals surface area contributed by atoms with Crippen LogP contribution < -0.4 is 5.48 Å². The molecule has 0 bridgehead atoms. The molecular weight excluding hydrogens is 240 g/mol. The smallest absolute Gasteiger partial charge is 0.317 e. The predicted octanol–water partition coefficient (Wildman–Crippen LogP) is -0.409. The Kier molecular flexibility index (Phi) is 14.7. The largest absolute Gasteiger partial charge is 0.399 e. The molecule has 0 atom stereocenters. The van der Waals surface area contributed by atoms with Crippen LogP contribution in [0.1, 0.15) is 6.92 Å². The monoisotopic (exact) mass is 263 g/mol. The van der Waals surface area contributed by atoms with Crippen molar-refractivity contribution in [2.75, 3.05) is 41.9 Å². The third kappa shape index (κ3) is 49.2. The maximum atomic E-state index is 9.92. The summed E-state index contributed by atoms with van der Waals surface area (Å²) >= 11 is 0. The fourth-order valence-electron chi connectivity index (χ4n) is 0.0680. The second-order valence-electron chi connectivity index (χ2n) is 3.19. The molecule has 0 aromatic carbocycles. The fourth-order valence-corrected chi connectivity index (χ4v) is 0.204. The van der Waals surface area contributed by atoms with Gasteiger partial charge in [0.25, 0.3) is 0 Å². The zero-order valence-electron chi connectivity index (χ0n) is 10.6. The quantitative estimate of drug-likeness (QED) is 0.469. The zero-order valence-corrected chi connectivity index (χ0v) is 11.4. The molecule has 9 heteroatoms. The van der Waals surface area contributed by atoms with E-state index in [0.717, 1.165) is 14.2 Å². The minimum Gasteiger partial charge on any atom is -0.317 e. The van der Waals surface area contributed by atoms with Gasteiger partial charge >= 0.3 is 10.4 Å². The second kappa shape index (κ2) is 11.2. The minimum atomic E-state index is -3.66. The number of hydrogen-bond acceptors (Lipinski definition) is 7. The molecule has 8 nitrogen and oxygen atoms in total. The van der Waals surface area contributed by atoms with Gasteiger partial charge in [-0.15, -0.1) is 0 Å². The average molecular weight is 263 g/mol. The van der Waals surface area contributed by atoms with E-state index in [-0.39, 0.29) is 4.65 Å². The molecule has 0 amide bonds. The van der Waals surface area contributed by atoms with Crippen LogP contribution in [0, 0.1) is 0 Å². The number of rotatable bonds is 3. The fraction of sp³-hybridized carbons (Fsp3) is 1.00. The molecule has 0 fully saturated rings. The van der Waals surface area contributed by atoms with Gasteiger partial charge in [0, 0.05) is 6.54 Å². The molecule has 0 aliphatic heterocycles. The van der Waals surface area contributed by atoms with E-state index in [9.17, 15) is 8.42 Å². The van der Waals surface area contributed by atoms with E-state index < -0.39 is 10.4 Å². The summed E-state index contributed by atoms with van der Waals surface area (Å²) in [6, 6.07) is 0. The summed E-state index contributed by atoms with van der Waals surface area (Å²) in [5, 5.41) is 16.1. The van der Waals surface area contributed by atoms with Crippen molar-refractivity contribution in [3.05, 3.63) is 0 Å². The highest BCUT2D eigenvalue weighted by molar-refractivity contribution is 7.81. The van der Waals surface area contributed by atoms with Crippen molar-refractivity contribution < 1.29 is 31.8 Å². The first-order valence-electron chi connectivity index (χ1n) is 4.31. The zero-order chi connectivity index (χ0) is 13.8. The van der Waals surface area contributed by atoms with Gasteiger partial charge in [-0.3, -0.25) is 8.37 Å². The first-order valence-corrected chi connectivity index (χ1v) is 5.64. The maximum Gasteiger partial charge on any atom is 0.399 e. The molecule has 102 valence electrons. The van der Waals surface area contributed by atoms with Crippen LogP contribution in [0.5, 0.6) is 0 Å². The standard InChI is InChI=1S/C3H10NO.C2H7NO.C2H6O4S/c1-4(2,3)5;1-2-3-4;1-5-7(3,4)6-2/h5H,1-3H3;3-4H,2H2,1H3;1-2H3/q+1;;. The molecule has 0 heterocycles. The van der Waals surface area contributed by atoms with E-state index in [1.807, 2.05) is 12.4 Å². The van der Waals surface area contributed by atoms with Gasteiger partial charge in [-0.1, -0.05) is 6.92 Å². The van der Waals surface area contributed by atoms with Crippen molar-refractivity contribution in [1.29, 1.82) is 0 Å². The summed E-state index contributed by atoms with van der Waals surface area (Å²) in [5.74, 6) is 0. The van der Waals surface area contributed by atoms with E-state index in [4.69, 9.17) is 10.4 Å².